The van der Waals surface area contributed by atoms with Gasteiger partial charge < -0.3 is 15.8 Å². The number of amides is 1. The third-order valence-electron chi connectivity index (χ3n) is 2.55. The van der Waals surface area contributed by atoms with E-state index < -0.39 is 0 Å². The van der Waals surface area contributed by atoms with Gasteiger partial charge in [-0.25, -0.2) is 0 Å². The molecular formula is C14H16N2O2S. The van der Waals surface area contributed by atoms with Crippen LogP contribution in [-0.2, 0) is 0 Å². The van der Waals surface area contributed by atoms with Crippen molar-refractivity contribution < 1.29 is 9.53 Å². The van der Waals surface area contributed by atoms with Crippen molar-refractivity contribution in [3.05, 3.63) is 46.2 Å². The molecule has 1 heterocycles. The Hall–Kier alpha value is -2.01. The fourth-order valence-electron chi connectivity index (χ4n) is 1.62. The molecule has 0 aliphatic carbocycles. The predicted molar refractivity (Wildman–Crippen MR) is 77.7 cm³/mol. The van der Waals surface area contributed by atoms with Crippen LogP contribution in [0.1, 0.15) is 15.2 Å². The molecule has 1 aromatic carbocycles. The third-order valence-corrected chi connectivity index (χ3v) is 3.48. The second kappa shape index (κ2) is 6.24. The van der Waals surface area contributed by atoms with E-state index in [1.54, 1.807) is 11.4 Å². The summed E-state index contributed by atoms with van der Waals surface area (Å²) < 4.78 is 5.54. The summed E-state index contributed by atoms with van der Waals surface area (Å²) in [6, 6.07) is 9.53. The molecule has 0 unspecified atom stereocenters. The van der Waals surface area contributed by atoms with Gasteiger partial charge in [-0.15, -0.1) is 11.3 Å². The van der Waals surface area contributed by atoms with Crippen molar-refractivity contribution in [2.75, 3.05) is 18.9 Å². The molecule has 0 atom stereocenters. The second-order valence-electron chi connectivity index (χ2n) is 4.13. The van der Waals surface area contributed by atoms with E-state index in [4.69, 9.17) is 10.5 Å². The second-order valence-corrected chi connectivity index (χ2v) is 5.04. The summed E-state index contributed by atoms with van der Waals surface area (Å²) in [5.74, 6) is 0.658. The van der Waals surface area contributed by atoms with Crippen LogP contribution in [0, 0.1) is 6.92 Å². The molecule has 3 N–H and O–H groups in total. The van der Waals surface area contributed by atoms with Gasteiger partial charge in [0, 0.05) is 0 Å². The third kappa shape index (κ3) is 3.72. The number of carbonyl (C=O) groups excluding carboxylic acids is 1. The summed E-state index contributed by atoms with van der Waals surface area (Å²) in [7, 11) is 0. The minimum Gasteiger partial charge on any atom is -0.492 e. The first-order chi connectivity index (χ1) is 9.16. The first kappa shape index (κ1) is 13.4. The Balaban J connectivity index is 1.75. The Bertz CT molecular complexity index is 566. The molecule has 2 aromatic rings. The lowest BCUT2D eigenvalue weighted by molar-refractivity contribution is 0.0952. The predicted octanol–water partition coefficient (Wildman–Crippen LogP) is 2.45. The Morgan fingerprint density at radius 2 is 2.26 bits per heavy atom. The van der Waals surface area contributed by atoms with E-state index in [2.05, 4.69) is 5.32 Å². The van der Waals surface area contributed by atoms with Gasteiger partial charge in [0.25, 0.3) is 5.91 Å². The first-order valence-corrected chi connectivity index (χ1v) is 6.85. The van der Waals surface area contributed by atoms with Crippen LogP contribution >= 0.6 is 11.3 Å². The number of hydrogen-bond donors (Lipinski definition) is 2. The number of benzene rings is 1. The van der Waals surface area contributed by atoms with Crippen LogP contribution in [0.4, 0.5) is 5.69 Å². The van der Waals surface area contributed by atoms with Gasteiger partial charge >= 0.3 is 0 Å². The minimum absolute atomic E-state index is 0.152. The van der Waals surface area contributed by atoms with Gasteiger partial charge in [-0.05, 0) is 36.1 Å². The standard InChI is InChI=1S/C14H16N2O2S/c1-10-3-2-4-11(9-10)18-7-6-16-14(17)13-12(15)5-8-19-13/h2-5,8-9H,6-7,15H2,1H3,(H,16,17). The summed E-state index contributed by atoms with van der Waals surface area (Å²) >= 11 is 1.34. The Kier molecular flexibility index (Phi) is 4.41. The number of nitrogens with two attached hydrogens (primary N) is 1. The Morgan fingerprint density at radius 1 is 1.42 bits per heavy atom. The molecule has 0 aliphatic heterocycles. The molecule has 0 radical (unpaired) electrons. The number of nitrogens with one attached hydrogen (secondary N) is 1. The number of aryl methyl sites for hydroxylation is 1. The van der Waals surface area contributed by atoms with Crippen molar-refractivity contribution in [3.8, 4) is 5.75 Å². The number of hydrogen-bond acceptors (Lipinski definition) is 4. The van der Waals surface area contributed by atoms with Crippen molar-refractivity contribution in [1.29, 1.82) is 0 Å². The highest BCUT2D eigenvalue weighted by Gasteiger charge is 2.09. The molecule has 0 spiro atoms. The summed E-state index contributed by atoms with van der Waals surface area (Å²) in [4.78, 5) is 12.3. The van der Waals surface area contributed by atoms with Crippen molar-refractivity contribution in [1.82, 2.24) is 5.32 Å². The quantitative estimate of drug-likeness (QED) is 0.824. The number of anilines is 1. The van der Waals surface area contributed by atoms with E-state index in [-0.39, 0.29) is 5.91 Å². The monoisotopic (exact) mass is 276 g/mol. The van der Waals surface area contributed by atoms with Crippen LogP contribution in [0.2, 0.25) is 0 Å². The maximum atomic E-state index is 11.8. The van der Waals surface area contributed by atoms with Crippen LogP contribution in [0.5, 0.6) is 5.75 Å². The SMILES string of the molecule is Cc1cccc(OCCNC(=O)c2sccc2N)c1. The van der Waals surface area contributed by atoms with Crippen LogP contribution in [-0.4, -0.2) is 19.1 Å². The molecule has 0 saturated heterocycles. The van der Waals surface area contributed by atoms with E-state index in [1.807, 2.05) is 31.2 Å². The highest BCUT2D eigenvalue weighted by Crippen LogP contribution is 2.18. The van der Waals surface area contributed by atoms with Crippen molar-refractivity contribution in [2.24, 2.45) is 0 Å². The van der Waals surface area contributed by atoms with Crippen molar-refractivity contribution in [2.45, 2.75) is 6.92 Å². The molecule has 5 heteroatoms. The van der Waals surface area contributed by atoms with Gasteiger partial charge in [0.05, 0.1) is 12.2 Å². The zero-order chi connectivity index (χ0) is 13.7. The van der Waals surface area contributed by atoms with Gasteiger partial charge in [-0.1, -0.05) is 12.1 Å². The highest BCUT2D eigenvalue weighted by atomic mass is 32.1. The van der Waals surface area contributed by atoms with E-state index in [1.165, 1.54) is 11.3 Å². The molecule has 100 valence electrons. The summed E-state index contributed by atoms with van der Waals surface area (Å²) in [6.07, 6.45) is 0. The smallest absolute Gasteiger partial charge is 0.263 e. The molecule has 19 heavy (non-hydrogen) atoms. The molecule has 1 amide bonds. The van der Waals surface area contributed by atoms with E-state index in [0.717, 1.165) is 11.3 Å². The molecule has 4 nitrogen and oxygen atoms in total. The van der Waals surface area contributed by atoms with Crippen LogP contribution in [0.15, 0.2) is 35.7 Å². The van der Waals surface area contributed by atoms with Gasteiger partial charge in [-0.3, -0.25) is 4.79 Å². The van der Waals surface area contributed by atoms with Gasteiger partial charge in [0.1, 0.15) is 17.2 Å². The molecule has 0 saturated carbocycles. The maximum absolute atomic E-state index is 11.8. The number of thiophene rings is 1. The van der Waals surface area contributed by atoms with E-state index >= 15 is 0 Å². The number of ether oxygens (including phenoxy) is 1. The number of rotatable bonds is 5. The fraction of sp³-hybridized carbons (Fsp3) is 0.214. The summed E-state index contributed by atoms with van der Waals surface area (Å²) in [5.41, 5.74) is 7.33. The summed E-state index contributed by atoms with van der Waals surface area (Å²) in [6.45, 7) is 2.89. The molecule has 0 aliphatic rings. The normalized spacial score (nSPS) is 10.2. The average molecular weight is 276 g/mol. The summed E-state index contributed by atoms with van der Waals surface area (Å²) in [5, 5.41) is 4.58. The van der Waals surface area contributed by atoms with E-state index in [9.17, 15) is 4.79 Å². The molecular weight excluding hydrogens is 260 g/mol. The zero-order valence-electron chi connectivity index (χ0n) is 10.7. The largest absolute Gasteiger partial charge is 0.492 e. The van der Waals surface area contributed by atoms with Gasteiger partial charge in [0.15, 0.2) is 0 Å². The molecule has 2 rings (SSSR count). The Labute approximate surface area is 116 Å². The van der Waals surface area contributed by atoms with Crippen molar-refractivity contribution in [3.63, 3.8) is 0 Å². The van der Waals surface area contributed by atoms with Crippen LogP contribution in [0.25, 0.3) is 0 Å². The number of carbonyl (C=O) groups is 1. The topological polar surface area (TPSA) is 64.3 Å². The minimum atomic E-state index is -0.152. The first-order valence-electron chi connectivity index (χ1n) is 5.97. The van der Waals surface area contributed by atoms with Crippen LogP contribution in [0.3, 0.4) is 0 Å². The number of nitrogen functional groups attached to an aromatic ring is 1. The van der Waals surface area contributed by atoms with Crippen molar-refractivity contribution >= 4 is 22.9 Å². The average Bonchev–Trinajstić information content (AvgIpc) is 2.81. The zero-order valence-corrected chi connectivity index (χ0v) is 11.5. The molecule has 0 fully saturated rings. The molecule has 1 aromatic heterocycles. The van der Waals surface area contributed by atoms with Gasteiger partial charge in [0.2, 0.25) is 0 Å². The molecule has 0 bridgehead atoms. The highest BCUT2D eigenvalue weighted by molar-refractivity contribution is 7.12. The lowest BCUT2D eigenvalue weighted by Gasteiger charge is -2.08. The fourth-order valence-corrected chi connectivity index (χ4v) is 2.36. The lowest BCUT2D eigenvalue weighted by atomic mass is 10.2. The van der Waals surface area contributed by atoms with Gasteiger partial charge in [-0.2, -0.15) is 0 Å². The maximum Gasteiger partial charge on any atom is 0.263 e. The lowest BCUT2D eigenvalue weighted by Crippen LogP contribution is -2.27. The van der Waals surface area contributed by atoms with Crippen LogP contribution < -0.4 is 15.8 Å². The Morgan fingerprint density at radius 3 is 2.95 bits per heavy atom. The van der Waals surface area contributed by atoms with E-state index in [0.29, 0.717) is 23.7 Å².